The Morgan fingerprint density at radius 1 is 0.912 bits per heavy atom. The smallest absolute Gasteiger partial charge is 0.325 e. The summed E-state index contributed by atoms with van der Waals surface area (Å²) in [6.07, 6.45) is 0.216. The maximum Gasteiger partial charge on any atom is 0.325 e. The molecule has 0 unspecified atom stereocenters. The van der Waals surface area contributed by atoms with Gasteiger partial charge in [-0.1, -0.05) is 50.6 Å². The quantitative estimate of drug-likeness (QED) is 0.216. The highest BCUT2D eigenvalue weighted by atomic mass is 16.4. The molecule has 34 heavy (non-hydrogen) atoms. The lowest BCUT2D eigenvalue weighted by Gasteiger charge is -2.27. The third-order valence-electron chi connectivity index (χ3n) is 5.44. The molecule has 0 aliphatic carbocycles. The molecule has 7 N–H and O–H groups in total. The van der Waals surface area contributed by atoms with E-state index in [9.17, 15) is 24.0 Å². The molecule has 0 aliphatic heterocycles. The molecule has 11 heteroatoms. The minimum absolute atomic E-state index is 0.102. The summed E-state index contributed by atoms with van der Waals surface area (Å²) in [6.45, 7) is 4.87. The zero-order valence-electron chi connectivity index (χ0n) is 19.6. The largest absolute Gasteiger partial charge is 0.481 e. The van der Waals surface area contributed by atoms with Gasteiger partial charge >= 0.3 is 11.9 Å². The van der Waals surface area contributed by atoms with Gasteiger partial charge in [-0.2, -0.15) is 0 Å². The van der Waals surface area contributed by atoms with Crippen LogP contribution in [0.2, 0.25) is 0 Å². The van der Waals surface area contributed by atoms with Gasteiger partial charge in [-0.3, -0.25) is 24.0 Å². The van der Waals surface area contributed by atoms with Crippen LogP contribution in [0.1, 0.15) is 45.6 Å². The molecule has 0 saturated heterocycles. The Balaban J connectivity index is 3.06. The van der Waals surface area contributed by atoms with E-state index in [4.69, 9.17) is 15.9 Å². The fraction of sp³-hybridized carbons (Fsp3) is 0.522. The third kappa shape index (κ3) is 9.57. The first kappa shape index (κ1) is 28.6. The molecular weight excluding hydrogens is 444 g/mol. The second kappa shape index (κ2) is 13.9. The summed E-state index contributed by atoms with van der Waals surface area (Å²) in [5, 5.41) is 25.4. The SMILES string of the molecule is CC[C@H](C)[C@H](NC(=O)[C@H](Cc1ccccc1)NC(=O)[C@@H](N)CCC(=O)O)C(=O)N[C@@H](C)C(=O)O. The molecule has 0 bridgehead atoms. The van der Waals surface area contributed by atoms with E-state index in [1.165, 1.54) is 6.92 Å². The minimum Gasteiger partial charge on any atom is -0.481 e. The van der Waals surface area contributed by atoms with E-state index in [2.05, 4.69) is 16.0 Å². The Kier molecular flexibility index (Phi) is 11.7. The first-order valence-electron chi connectivity index (χ1n) is 11.1. The van der Waals surface area contributed by atoms with E-state index in [0.29, 0.717) is 6.42 Å². The molecule has 11 nitrogen and oxygen atoms in total. The first-order chi connectivity index (χ1) is 16.0. The first-order valence-corrected chi connectivity index (χ1v) is 11.1. The molecule has 0 spiro atoms. The molecule has 5 atom stereocenters. The lowest BCUT2D eigenvalue weighted by molar-refractivity contribution is -0.142. The van der Waals surface area contributed by atoms with Crippen LogP contribution in [0, 0.1) is 5.92 Å². The number of carbonyl (C=O) groups excluding carboxylic acids is 3. The van der Waals surface area contributed by atoms with E-state index in [1.807, 2.05) is 6.92 Å². The molecule has 0 radical (unpaired) electrons. The number of carboxylic acid groups (broad SMARTS) is 2. The highest BCUT2D eigenvalue weighted by Gasteiger charge is 2.32. The standard InChI is InChI=1S/C23H34N4O7/c1-4-13(2)19(22(32)25-14(3)23(33)34)27-21(31)17(12-15-8-6-5-7-9-15)26-20(30)16(24)10-11-18(28)29/h5-9,13-14,16-17,19H,4,10-12,24H2,1-3H3,(H,25,32)(H,26,30)(H,27,31)(H,28,29)(H,33,34)/t13-,14-,16-,17-,19-/m0/s1. The Labute approximate surface area is 198 Å². The average Bonchev–Trinajstić information content (AvgIpc) is 2.80. The molecule has 0 aliphatic rings. The lowest BCUT2D eigenvalue weighted by atomic mass is 9.96. The number of aliphatic carboxylic acids is 2. The molecule has 1 aromatic rings. The molecule has 0 heterocycles. The number of benzene rings is 1. The van der Waals surface area contributed by atoms with Crippen molar-refractivity contribution in [2.75, 3.05) is 0 Å². The maximum atomic E-state index is 13.2. The predicted molar refractivity (Wildman–Crippen MR) is 124 cm³/mol. The van der Waals surface area contributed by atoms with Gasteiger partial charge in [0, 0.05) is 12.8 Å². The van der Waals surface area contributed by atoms with Crippen LogP contribution in [-0.4, -0.2) is 64.0 Å². The average molecular weight is 479 g/mol. The van der Waals surface area contributed by atoms with Crippen molar-refractivity contribution in [2.24, 2.45) is 11.7 Å². The van der Waals surface area contributed by atoms with Gasteiger partial charge < -0.3 is 31.9 Å². The van der Waals surface area contributed by atoms with Crippen molar-refractivity contribution >= 4 is 29.7 Å². The number of hydrogen-bond acceptors (Lipinski definition) is 6. The van der Waals surface area contributed by atoms with Gasteiger partial charge in [0.15, 0.2) is 0 Å². The van der Waals surface area contributed by atoms with E-state index in [0.717, 1.165) is 5.56 Å². The van der Waals surface area contributed by atoms with Crippen molar-refractivity contribution in [3.05, 3.63) is 35.9 Å². The van der Waals surface area contributed by atoms with Crippen LogP contribution in [0.25, 0.3) is 0 Å². The van der Waals surface area contributed by atoms with Crippen molar-refractivity contribution in [2.45, 2.75) is 70.6 Å². The van der Waals surface area contributed by atoms with Crippen molar-refractivity contribution in [3.63, 3.8) is 0 Å². The van der Waals surface area contributed by atoms with Crippen LogP contribution in [0.3, 0.4) is 0 Å². The zero-order chi connectivity index (χ0) is 25.8. The number of rotatable bonds is 14. The molecule has 1 aromatic carbocycles. The monoisotopic (exact) mass is 478 g/mol. The Bertz CT molecular complexity index is 862. The summed E-state index contributed by atoms with van der Waals surface area (Å²) >= 11 is 0. The summed E-state index contributed by atoms with van der Waals surface area (Å²) in [5.41, 5.74) is 6.52. The van der Waals surface area contributed by atoms with Gasteiger partial charge in [0.25, 0.3) is 0 Å². The van der Waals surface area contributed by atoms with Gasteiger partial charge in [0.05, 0.1) is 6.04 Å². The Morgan fingerprint density at radius 3 is 2.06 bits per heavy atom. The van der Waals surface area contributed by atoms with E-state index in [1.54, 1.807) is 37.3 Å². The fourth-order valence-corrected chi connectivity index (χ4v) is 3.07. The number of nitrogens with one attached hydrogen (secondary N) is 3. The van der Waals surface area contributed by atoms with Crippen LogP contribution < -0.4 is 21.7 Å². The minimum atomic E-state index is -1.22. The van der Waals surface area contributed by atoms with Gasteiger partial charge in [-0.05, 0) is 24.8 Å². The highest BCUT2D eigenvalue weighted by molar-refractivity contribution is 5.94. The second-order valence-electron chi connectivity index (χ2n) is 8.23. The van der Waals surface area contributed by atoms with Crippen LogP contribution in [0.4, 0.5) is 0 Å². The predicted octanol–water partition coefficient (Wildman–Crippen LogP) is 0.0262. The molecular formula is C23H34N4O7. The molecule has 188 valence electrons. The van der Waals surface area contributed by atoms with Crippen LogP contribution >= 0.6 is 0 Å². The van der Waals surface area contributed by atoms with E-state index < -0.39 is 53.8 Å². The number of carboxylic acids is 2. The maximum absolute atomic E-state index is 13.2. The third-order valence-corrected chi connectivity index (χ3v) is 5.44. The molecule has 0 fully saturated rings. The van der Waals surface area contributed by atoms with E-state index >= 15 is 0 Å². The Morgan fingerprint density at radius 2 is 1.53 bits per heavy atom. The van der Waals surface area contributed by atoms with Gasteiger partial charge in [0.1, 0.15) is 18.1 Å². The van der Waals surface area contributed by atoms with Crippen molar-refractivity contribution in [1.29, 1.82) is 0 Å². The number of hydrogen-bond donors (Lipinski definition) is 6. The van der Waals surface area contributed by atoms with Crippen molar-refractivity contribution in [3.8, 4) is 0 Å². The summed E-state index contributed by atoms with van der Waals surface area (Å²) in [4.78, 5) is 60.3. The molecule has 0 saturated carbocycles. The van der Waals surface area contributed by atoms with Gasteiger partial charge in [-0.15, -0.1) is 0 Å². The van der Waals surface area contributed by atoms with Gasteiger partial charge in [0.2, 0.25) is 17.7 Å². The van der Waals surface area contributed by atoms with E-state index in [-0.39, 0.29) is 25.2 Å². The van der Waals surface area contributed by atoms with Crippen LogP contribution in [-0.2, 0) is 30.4 Å². The summed E-state index contributed by atoms with van der Waals surface area (Å²) in [7, 11) is 0. The van der Waals surface area contributed by atoms with Crippen molar-refractivity contribution in [1.82, 2.24) is 16.0 Å². The number of nitrogens with two attached hydrogens (primary N) is 1. The molecule has 3 amide bonds. The summed E-state index contributed by atoms with van der Waals surface area (Å²) in [6, 6.07) is 4.47. The topological polar surface area (TPSA) is 188 Å². The van der Waals surface area contributed by atoms with Gasteiger partial charge in [-0.25, -0.2) is 0 Å². The lowest BCUT2D eigenvalue weighted by Crippen LogP contribution is -2.58. The van der Waals surface area contributed by atoms with Crippen molar-refractivity contribution < 1.29 is 34.2 Å². The van der Waals surface area contributed by atoms with Crippen LogP contribution in [0.5, 0.6) is 0 Å². The molecule has 0 aromatic heterocycles. The number of amides is 3. The second-order valence-corrected chi connectivity index (χ2v) is 8.23. The highest BCUT2D eigenvalue weighted by Crippen LogP contribution is 2.11. The fourth-order valence-electron chi connectivity index (χ4n) is 3.07. The number of carbonyl (C=O) groups is 5. The summed E-state index contributed by atoms with van der Waals surface area (Å²) in [5.74, 6) is -4.63. The normalized spacial score (nSPS) is 15.2. The summed E-state index contributed by atoms with van der Waals surface area (Å²) < 4.78 is 0. The van der Waals surface area contributed by atoms with Crippen LogP contribution in [0.15, 0.2) is 30.3 Å². The Hall–Kier alpha value is -3.47. The molecule has 1 rings (SSSR count). The zero-order valence-corrected chi connectivity index (χ0v) is 19.6.